The quantitative estimate of drug-likeness (QED) is 0.660. The fraction of sp³-hybridized carbons (Fsp3) is 0.429. The maximum atomic E-state index is 12.8. The molecule has 1 unspecified atom stereocenters. The van der Waals surface area contributed by atoms with E-state index in [4.69, 9.17) is 0 Å². The number of nitrogens with one attached hydrogen (secondary N) is 1. The van der Waals surface area contributed by atoms with Crippen LogP contribution < -0.4 is 5.32 Å². The number of likely N-dealkylation sites (tertiary alicyclic amines) is 1. The second-order valence-electron chi connectivity index (χ2n) is 6.96. The summed E-state index contributed by atoms with van der Waals surface area (Å²) in [6, 6.07) is 13.4. The molecule has 28 heavy (non-hydrogen) atoms. The third-order valence-corrected chi connectivity index (χ3v) is 5.98. The van der Waals surface area contributed by atoms with Gasteiger partial charge >= 0.3 is 0 Å². The van der Waals surface area contributed by atoms with E-state index in [0.717, 1.165) is 29.7 Å². The van der Waals surface area contributed by atoms with Crippen LogP contribution in [0.15, 0.2) is 47.8 Å². The van der Waals surface area contributed by atoms with Crippen LogP contribution in [0.5, 0.6) is 0 Å². The lowest BCUT2D eigenvalue weighted by molar-refractivity contribution is -0.156. The third-order valence-electron chi connectivity index (χ3n) is 5.04. The van der Waals surface area contributed by atoms with E-state index < -0.39 is 24.0 Å². The molecule has 2 aromatic rings. The smallest absolute Gasteiger partial charge is 0.255 e. The van der Waals surface area contributed by atoms with Crippen molar-refractivity contribution in [1.29, 1.82) is 0 Å². The molecule has 0 aliphatic carbocycles. The van der Waals surface area contributed by atoms with Crippen LogP contribution in [0.25, 0.3) is 0 Å². The van der Waals surface area contributed by atoms with Crippen LogP contribution in [0, 0.1) is 0 Å². The van der Waals surface area contributed by atoms with Crippen LogP contribution in [0.3, 0.4) is 0 Å². The molecule has 3 atom stereocenters. The van der Waals surface area contributed by atoms with Crippen molar-refractivity contribution < 1.29 is 19.8 Å². The molecule has 0 saturated carbocycles. The number of carbonyl (C=O) groups excluding carboxylic acids is 2. The SMILES string of the molecule is O=C(NCCc1cccs1)[C@H](O)[C@@H](O)C(=O)N1CCCCC1c1ccccc1. The van der Waals surface area contributed by atoms with Gasteiger partial charge in [0.15, 0.2) is 12.2 Å². The van der Waals surface area contributed by atoms with Gasteiger partial charge < -0.3 is 20.4 Å². The van der Waals surface area contributed by atoms with Gasteiger partial charge in [-0.1, -0.05) is 36.4 Å². The summed E-state index contributed by atoms with van der Waals surface area (Å²) in [7, 11) is 0. The minimum atomic E-state index is -1.78. The molecule has 7 heteroatoms. The zero-order valence-corrected chi connectivity index (χ0v) is 16.5. The van der Waals surface area contributed by atoms with Crippen molar-refractivity contribution in [2.24, 2.45) is 0 Å². The van der Waals surface area contributed by atoms with Crippen molar-refractivity contribution in [3.63, 3.8) is 0 Å². The van der Waals surface area contributed by atoms with E-state index in [9.17, 15) is 19.8 Å². The van der Waals surface area contributed by atoms with Gasteiger partial charge in [0.05, 0.1) is 6.04 Å². The maximum absolute atomic E-state index is 12.8. The molecule has 6 nitrogen and oxygen atoms in total. The average Bonchev–Trinajstić information content (AvgIpc) is 3.26. The Morgan fingerprint density at radius 2 is 1.89 bits per heavy atom. The number of aliphatic hydroxyl groups is 2. The summed E-state index contributed by atoms with van der Waals surface area (Å²) in [6.07, 6.45) is -0.287. The van der Waals surface area contributed by atoms with Gasteiger partial charge in [-0.2, -0.15) is 0 Å². The first kappa shape index (κ1) is 20.5. The molecule has 1 fully saturated rings. The lowest BCUT2D eigenvalue weighted by Gasteiger charge is -2.37. The lowest BCUT2D eigenvalue weighted by atomic mass is 9.94. The molecule has 0 radical (unpaired) electrons. The van der Waals surface area contributed by atoms with Crippen molar-refractivity contribution in [1.82, 2.24) is 10.2 Å². The largest absolute Gasteiger partial charge is 0.380 e. The summed E-state index contributed by atoms with van der Waals surface area (Å²) in [5.74, 6) is -1.33. The molecular weight excluding hydrogens is 376 g/mol. The van der Waals surface area contributed by atoms with Gasteiger partial charge in [-0.05, 0) is 42.7 Å². The number of aliphatic hydroxyl groups excluding tert-OH is 2. The fourth-order valence-electron chi connectivity index (χ4n) is 3.53. The molecule has 1 aromatic heterocycles. The Morgan fingerprint density at radius 3 is 2.61 bits per heavy atom. The minimum Gasteiger partial charge on any atom is -0.380 e. The summed E-state index contributed by atoms with van der Waals surface area (Å²) in [5, 5.41) is 25.1. The summed E-state index contributed by atoms with van der Waals surface area (Å²) in [5.41, 5.74) is 0.998. The molecule has 2 amide bonds. The number of carbonyl (C=O) groups is 2. The Labute approximate surface area is 168 Å². The Hall–Kier alpha value is -2.22. The summed E-state index contributed by atoms with van der Waals surface area (Å²) < 4.78 is 0. The van der Waals surface area contributed by atoms with Gasteiger partial charge in [0.1, 0.15) is 0 Å². The Morgan fingerprint density at radius 1 is 1.11 bits per heavy atom. The second kappa shape index (κ2) is 9.82. The number of rotatable bonds is 7. The van der Waals surface area contributed by atoms with Crippen LogP contribution in [-0.2, 0) is 16.0 Å². The molecule has 3 N–H and O–H groups in total. The van der Waals surface area contributed by atoms with E-state index in [0.29, 0.717) is 19.5 Å². The number of thiophene rings is 1. The van der Waals surface area contributed by atoms with Gasteiger partial charge in [-0.25, -0.2) is 0 Å². The number of hydrogen-bond donors (Lipinski definition) is 3. The van der Waals surface area contributed by atoms with Crippen molar-refractivity contribution in [2.75, 3.05) is 13.1 Å². The van der Waals surface area contributed by atoms with Gasteiger partial charge in [-0.3, -0.25) is 9.59 Å². The van der Waals surface area contributed by atoms with E-state index >= 15 is 0 Å². The van der Waals surface area contributed by atoms with Crippen LogP contribution in [0.2, 0.25) is 0 Å². The monoisotopic (exact) mass is 402 g/mol. The Kier molecular flexibility index (Phi) is 7.19. The highest BCUT2D eigenvalue weighted by atomic mass is 32.1. The predicted molar refractivity (Wildman–Crippen MR) is 108 cm³/mol. The molecule has 1 aliphatic heterocycles. The Bertz CT molecular complexity index is 766. The molecule has 1 aromatic carbocycles. The van der Waals surface area contributed by atoms with Crippen molar-refractivity contribution >= 4 is 23.2 Å². The number of amides is 2. The highest BCUT2D eigenvalue weighted by Crippen LogP contribution is 2.31. The van der Waals surface area contributed by atoms with Crippen LogP contribution in [-0.4, -0.2) is 52.2 Å². The molecule has 0 spiro atoms. The normalized spacial score (nSPS) is 19.1. The predicted octanol–water partition coefficient (Wildman–Crippen LogP) is 1.88. The summed E-state index contributed by atoms with van der Waals surface area (Å²) in [4.78, 5) is 27.7. The first-order valence-electron chi connectivity index (χ1n) is 9.59. The zero-order valence-electron chi connectivity index (χ0n) is 15.7. The third kappa shape index (κ3) is 4.98. The number of hydrogen-bond acceptors (Lipinski definition) is 5. The molecule has 1 aliphatic rings. The maximum Gasteiger partial charge on any atom is 0.255 e. The highest BCUT2D eigenvalue weighted by Gasteiger charge is 2.37. The van der Waals surface area contributed by atoms with Crippen LogP contribution in [0.4, 0.5) is 0 Å². The van der Waals surface area contributed by atoms with Crippen molar-refractivity contribution in [2.45, 2.75) is 43.9 Å². The lowest BCUT2D eigenvalue weighted by Crippen LogP contribution is -2.52. The molecule has 150 valence electrons. The van der Waals surface area contributed by atoms with E-state index in [1.54, 1.807) is 16.2 Å². The van der Waals surface area contributed by atoms with E-state index in [1.165, 1.54) is 0 Å². The summed E-state index contributed by atoms with van der Waals surface area (Å²) in [6.45, 7) is 0.843. The minimum absolute atomic E-state index is 0.147. The Balaban J connectivity index is 1.58. The van der Waals surface area contributed by atoms with Crippen molar-refractivity contribution in [3.8, 4) is 0 Å². The van der Waals surface area contributed by atoms with Crippen LogP contribution >= 0.6 is 11.3 Å². The average molecular weight is 403 g/mol. The van der Waals surface area contributed by atoms with Gasteiger partial charge in [-0.15, -0.1) is 11.3 Å². The van der Waals surface area contributed by atoms with Gasteiger partial charge in [0.25, 0.3) is 11.8 Å². The van der Waals surface area contributed by atoms with Crippen LogP contribution in [0.1, 0.15) is 35.7 Å². The standard InChI is InChI=1S/C21H26N2O4S/c24-18(20(26)22-12-11-16-9-6-14-28-16)19(25)21(27)23-13-5-4-10-17(23)15-7-2-1-3-8-15/h1-3,6-9,14,17-19,24-25H,4-5,10-13H2,(H,22,26)/t17?,18-,19-/m1/s1. The molecule has 3 rings (SSSR count). The molecule has 2 heterocycles. The van der Waals surface area contributed by atoms with E-state index in [-0.39, 0.29) is 6.04 Å². The zero-order chi connectivity index (χ0) is 19.9. The first-order chi connectivity index (χ1) is 13.6. The molecule has 0 bridgehead atoms. The van der Waals surface area contributed by atoms with E-state index in [2.05, 4.69) is 5.32 Å². The number of nitrogens with zero attached hydrogens (tertiary/aromatic N) is 1. The van der Waals surface area contributed by atoms with Gasteiger partial charge in [0, 0.05) is 18.0 Å². The molecule has 1 saturated heterocycles. The van der Waals surface area contributed by atoms with Crippen molar-refractivity contribution in [3.05, 3.63) is 58.3 Å². The second-order valence-corrected chi connectivity index (χ2v) is 8.00. The first-order valence-corrected chi connectivity index (χ1v) is 10.5. The number of benzene rings is 1. The van der Waals surface area contributed by atoms with Gasteiger partial charge in [0.2, 0.25) is 0 Å². The van der Waals surface area contributed by atoms with E-state index in [1.807, 2.05) is 47.8 Å². The highest BCUT2D eigenvalue weighted by molar-refractivity contribution is 7.09. The topological polar surface area (TPSA) is 89.9 Å². The number of piperidine rings is 1. The fourth-order valence-corrected chi connectivity index (χ4v) is 4.24. The molecular formula is C21H26N2O4S. The summed E-state index contributed by atoms with van der Waals surface area (Å²) >= 11 is 1.59.